The van der Waals surface area contributed by atoms with Gasteiger partial charge < -0.3 is 13.9 Å². The Morgan fingerprint density at radius 2 is 2.00 bits per heavy atom. The van der Waals surface area contributed by atoms with Crippen molar-refractivity contribution in [2.75, 3.05) is 13.9 Å². The Hall–Kier alpha value is -2.33. The Bertz CT molecular complexity index is 700. The second-order valence-corrected chi connectivity index (χ2v) is 4.52. The van der Waals surface area contributed by atoms with E-state index in [9.17, 15) is 0 Å². The van der Waals surface area contributed by atoms with Crippen LogP contribution >= 0.6 is 0 Å². The van der Waals surface area contributed by atoms with Crippen LogP contribution in [0.1, 0.15) is 5.56 Å². The molecule has 0 aliphatic carbocycles. The summed E-state index contributed by atoms with van der Waals surface area (Å²) in [5.74, 6) is 1.36. The molecular formula is C16H15NO3. The lowest BCUT2D eigenvalue weighted by Crippen LogP contribution is -2.00. The number of para-hydroxylation sites is 2. The lowest BCUT2D eigenvalue weighted by molar-refractivity contribution is 0.0506. The minimum absolute atomic E-state index is 0.220. The summed E-state index contributed by atoms with van der Waals surface area (Å²) in [6.45, 7) is 2.21. The number of hydrogen-bond donors (Lipinski definition) is 0. The highest BCUT2D eigenvalue weighted by molar-refractivity contribution is 5.76. The summed E-state index contributed by atoms with van der Waals surface area (Å²) in [4.78, 5) is 4.48. The van der Waals surface area contributed by atoms with E-state index in [1.807, 2.05) is 49.4 Å². The van der Waals surface area contributed by atoms with Crippen LogP contribution in [0, 0.1) is 6.92 Å². The molecule has 3 aromatic rings. The molecule has 0 saturated heterocycles. The van der Waals surface area contributed by atoms with Gasteiger partial charge in [-0.2, -0.15) is 0 Å². The molecule has 4 heteroatoms. The van der Waals surface area contributed by atoms with Crippen LogP contribution < -0.4 is 4.74 Å². The van der Waals surface area contributed by atoms with Crippen molar-refractivity contribution in [2.45, 2.75) is 6.92 Å². The second-order valence-electron chi connectivity index (χ2n) is 4.52. The lowest BCUT2D eigenvalue weighted by Gasteiger charge is -2.08. The number of nitrogens with zero attached hydrogens (tertiary/aromatic N) is 1. The zero-order chi connectivity index (χ0) is 13.9. The van der Waals surface area contributed by atoms with Crippen molar-refractivity contribution in [1.29, 1.82) is 0 Å². The van der Waals surface area contributed by atoms with Crippen molar-refractivity contribution < 1.29 is 13.9 Å². The molecular weight excluding hydrogens is 254 g/mol. The van der Waals surface area contributed by atoms with Gasteiger partial charge >= 0.3 is 0 Å². The lowest BCUT2D eigenvalue weighted by atomic mass is 10.1. The van der Waals surface area contributed by atoms with Gasteiger partial charge in [-0.25, -0.2) is 4.98 Å². The zero-order valence-electron chi connectivity index (χ0n) is 11.4. The Morgan fingerprint density at radius 3 is 2.80 bits per heavy atom. The molecule has 0 aliphatic rings. The van der Waals surface area contributed by atoms with E-state index in [4.69, 9.17) is 13.9 Å². The van der Waals surface area contributed by atoms with E-state index in [1.165, 1.54) is 0 Å². The van der Waals surface area contributed by atoms with E-state index in [-0.39, 0.29) is 6.79 Å². The van der Waals surface area contributed by atoms with Crippen LogP contribution in [-0.4, -0.2) is 18.9 Å². The van der Waals surface area contributed by atoms with Gasteiger partial charge in [0, 0.05) is 12.7 Å². The van der Waals surface area contributed by atoms with Crippen LogP contribution in [0.3, 0.4) is 0 Å². The molecule has 1 aromatic heterocycles. The molecule has 0 spiro atoms. The standard InChI is InChI=1S/C16H15NO3/c1-11-7-8-12(9-15(11)19-10-18-2)16-17-13-5-3-4-6-14(13)20-16/h3-9H,10H2,1-2H3. The van der Waals surface area contributed by atoms with Crippen molar-refractivity contribution in [1.82, 2.24) is 4.98 Å². The predicted octanol–water partition coefficient (Wildman–Crippen LogP) is 3.79. The van der Waals surface area contributed by atoms with Crippen molar-refractivity contribution >= 4 is 11.1 Å². The first kappa shape index (κ1) is 12.7. The summed E-state index contributed by atoms with van der Waals surface area (Å²) in [5.41, 5.74) is 3.56. The first-order valence-electron chi connectivity index (χ1n) is 6.36. The van der Waals surface area contributed by atoms with Crippen LogP contribution in [0.2, 0.25) is 0 Å². The van der Waals surface area contributed by atoms with Crippen LogP contribution in [0.25, 0.3) is 22.6 Å². The van der Waals surface area contributed by atoms with Gasteiger partial charge in [-0.05, 0) is 36.8 Å². The van der Waals surface area contributed by atoms with E-state index >= 15 is 0 Å². The number of aromatic nitrogens is 1. The van der Waals surface area contributed by atoms with E-state index < -0.39 is 0 Å². The Morgan fingerprint density at radius 1 is 1.15 bits per heavy atom. The summed E-state index contributed by atoms with van der Waals surface area (Å²) in [7, 11) is 1.60. The number of rotatable bonds is 4. The average molecular weight is 269 g/mol. The first-order valence-corrected chi connectivity index (χ1v) is 6.36. The largest absolute Gasteiger partial charge is 0.467 e. The van der Waals surface area contributed by atoms with E-state index in [2.05, 4.69) is 4.98 Å². The molecule has 1 heterocycles. The first-order chi connectivity index (χ1) is 9.78. The Labute approximate surface area is 117 Å². The SMILES string of the molecule is COCOc1cc(-c2nc3ccccc3o2)ccc1C. The summed E-state index contributed by atoms with van der Waals surface area (Å²) in [6, 6.07) is 13.6. The number of fused-ring (bicyclic) bond motifs is 1. The highest BCUT2D eigenvalue weighted by atomic mass is 16.7. The highest BCUT2D eigenvalue weighted by Crippen LogP contribution is 2.28. The fourth-order valence-electron chi connectivity index (χ4n) is 2.01. The molecule has 20 heavy (non-hydrogen) atoms. The normalized spacial score (nSPS) is 10.9. The molecule has 0 saturated carbocycles. The molecule has 4 nitrogen and oxygen atoms in total. The van der Waals surface area contributed by atoms with Gasteiger partial charge in [0.05, 0.1) is 0 Å². The van der Waals surface area contributed by atoms with E-state index in [0.717, 1.165) is 28.0 Å². The van der Waals surface area contributed by atoms with E-state index in [1.54, 1.807) is 7.11 Å². The maximum Gasteiger partial charge on any atom is 0.227 e. The number of ether oxygens (including phenoxy) is 2. The van der Waals surface area contributed by atoms with Crippen molar-refractivity contribution in [3.05, 3.63) is 48.0 Å². The quantitative estimate of drug-likeness (QED) is 0.676. The Balaban J connectivity index is 2.00. The molecule has 0 radical (unpaired) electrons. The van der Waals surface area contributed by atoms with Crippen molar-refractivity contribution in [2.24, 2.45) is 0 Å². The third kappa shape index (κ3) is 2.38. The number of aryl methyl sites for hydroxylation is 1. The van der Waals surface area contributed by atoms with Crippen LogP contribution in [-0.2, 0) is 4.74 Å². The van der Waals surface area contributed by atoms with Gasteiger partial charge in [0.15, 0.2) is 12.4 Å². The van der Waals surface area contributed by atoms with Gasteiger partial charge in [0.1, 0.15) is 11.3 Å². The summed E-state index contributed by atoms with van der Waals surface area (Å²) in [6.07, 6.45) is 0. The molecule has 0 amide bonds. The van der Waals surface area contributed by atoms with Crippen molar-refractivity contribution in [3.8, 4) is 17.2 Å². The summed E-state index contributed by atoms with van der Waals surface area (Å²) in [5, 5.41) is 0. The highest BCUT2D eigenvalue weighted by Gasteiger charge is 2.10. The van der Waals surface area contributed by atoms with Gasteiger partial charge in [-0.3, -0.25) is 0 Å². The molecule has 0 N–H and O–H groups in total. The van der Waals surface area contributed by atoms with Gasteiger partial charge in [-0.15, -0.1) is 0 Å². The molecule has 0 unspecified atom stereocenters. The van der Waals surface area contributed by atoms with Crippen molar-refractivity contribution in [3.63, 3.8) is 0 Å². The topological polar surface area (TPSA) is 44.5 Å². The minimum atomic E-state index is 0.220. The number of hydrogen-bond acceptors (Lipinski definition) is 4. The fraction of sp³-hybridized carbons (Fsp3) is 0.188. The smallest absolute Gasteiger partial charge is 0.227 e. The van der Waals surface area contributed by atoms with Gasteiger partial charge in [-0.1, -0.05) is 18.2 Å². The predicted molar refractivity (Wildman–Crippen MR) is 76.7 cm³/mol. The minimum Gasteiger partial charge on any atom is -0.467 e. The van der Waals surface area contributed by atoms with Crippen LogP contribution in [0.5, 0.6) is 5.75 Å². The molecule has 2 aromatic carbocycles. The zero-order valence-corrected chi connectivity index (χ0v) is 11.4. The molecule has 0 fully saturated rings. The van der Waals surface area contributed by atoms with Gasteiger partial charge in [0.25, 0.3) is 0 Å². The van der Waals surface area contributed by atoms with Crippen LogP contribution in [0.15, 0.2) is 46.9 Å². The van der Waals surface area contributed by atoms with Crippen LogP contribution in [0.4, 0.5) is 0 Å². The monoisotopic (exact) mass is 269 g/mol. The van der Waals surface area contributed by atoms with E-state index in [0.29, 0.717) is 5.89 Å². The van der Waals surface area contributed by atoms with Gasteiger partial charge in [0.2, 0.25) is 5.89 Å². The molecule has 0 aliphatic heterocycles. The third-order valence-electron chi connectivity index (χ3n) is 3.06. The molecule has 0 bridgehead atoms. The third-order valence-corrected chi connectivity index (χ3v) is 3.06. The number of benzene rings is 2. The summed E-state index contributed by atoms with van der Waals surface area (Å²) >= 11 is 0. The molecule has 0 atom stereocenters. The second kappa shape index (κ2) is 5.35. The molecule has 102 valence electrons. The fourth-order valence-corrected chi connectivity index (χ4v) is 2.01. The number of oxazole rings is 1. The molecule has 3 rings (SSSR count). The Kier molecular flexibility index (Phi) is 3.39. The maximum atomic E-state index is 5.76. The number of methoxy groups -OCH3 is 1. The average Bonchev–Trinajstić information content (AvgIpc) is 2.90. The maximum absolute atomic E-state index is 5.76. The summed E-state index contributed by atoms with van der Waals surface area (Å²) < 4.78 is 16.2.